The van der Waals surface area contributed by atoms with Gasteiger partial charge in [-0.3, -0.25) is 0 Å². The van der Waals surface area contributed by atoms with Crippen LogP contribution in [0.1, 0.15) is 0 Å². The lowest BCUT2D eigenvalue weighted by Gasteiger charge is -2.28. The van der Waals surface area contributed by atoms with Crippen LogP contribution in [-0.2, 0) is 0 Å². The molecule has 0 atom stereocenters. The predicted octanol–water partition coefficient (Wildman–Crippen LogP) is 14.4. The summed E-state index contributed by atoms with van der Waals surface area (Å²) in [5, 5.41) is 7.73. The summed E-state index contributed by atoms with van der Waals surface area (Å²) in [4.78, 5) is 2.44. The van der Waals surface area contributed by atoms with E-state index in [1.165, 1.54) is 73.4 Å². The second kappa shape index (κ2) is 11.5. The molecule has 0 spiro atoms. The number of hydrogen-bond acceptors (Lipinski definition) is 3. The fourth-order valence-electron chi connectivity index (χ4n) is 7.28. The Morgan fingerprint density at radius 3 is 1.84 bits per heavy atom. The zero-order valence-corrected chi connectivity index (χ0v) is 28.1. The van der Waals surface area contributed by atoms with Gasteiger partial charge in [0.15, 0.2) is 0 Å². The summed E-state index contributed by atoms with van der Waals surface area (Å²) in [6.45, 7) is 0. The Morgan fingerprint density at radius 2 is 0.959 bits per heavy atom. The van der Waals surface area contributed by atoms with Crippen LogP contribution in [0.3, 0.4) is 0 Å². The van der Waals surface area contributed by atoms with Crippen LogP contribution in [0, 0.1) is 0 Å². The zero-order chi connectivity index (χ0) is 32.3. The molecule has 3 heteroatoms. The van der Waals surface area contributed by atoms with Gasteiger partial charge in [0.25, 0.3) is 0 Å². The Labute approximate surface area is 292 Å². The quantitative estimate of drug-likeness (QED) is 0.178. The second-order valence-electron chi connectivity index (χ2n) is 12.6. The van der Waals surface area contributed by atoms with E-state index in [1.807, 2.05) is 22.7 Å². The van der Waals surface area contributed by atoms with Crippen LogP contribution in [-0.4, -0.2) is 0 Å². The van der Waals surface area contributed by atoms with Gasteiger partial charge in [-0.25, -0.2) is 0 Å². The van der Waals surface area contributed by atoms with Crippen molar-refractivity contribution < 1.29 is 0 Å². The predicted molar refractivity (Wildman–Crippen MR) is 215 cm³/mol. The van der Waals surface area contributed by atoms with Crippen LogP contribution < -0.4 is 4.90 Å². The van der Waals surface area contributed by atoms with E-state index in [0.717, 1.165) is 17.1 Å². The normalized spacial score (nSPS) is 11.7. The molecule has 0 aliphatic rings. The van der Waals surface area contributed by atoms with Crippen molar-refractivity contribution in [3.05, 3.63) is 176 Å². The minimum absolute atomic E-state index is 1.13. The molecule has 2 heterocycles. The zero-order valence-electron chi connectivity index (χ0n) is 26.5. The molecule has 49 heavy (non-hydrogen) atoms. The van der Waals surface area contributed by atoms with E-state index in [4.69, 9.17) is 0 Å². The molecule has 0 aliphatic heterocycles. The van der Waals surface area contributed by atoms with E-state index >= 15 is 0 Å². The lowest BCUT2D eigenvalue weighted by molar-refractivity contribution is 1.29. The lowest BCUT2D eigenvalue weighted by atomic mass is 9.98. The van der Waals surface area contributed by atoms with Gasteiger partial charge in [-0.1, -0.05) is 115 Å². The lowest BCUT2D eigenvalue weighted by Crippen LogP contribution is -2.11. The SMILES string of the molecule is c1cc(-c2ccc3c(c2)sc2ccccc23)cc(N(c2ccc3sc4ccccc4c3c2)c2ccccc2-c2ccc3ccccc3c2)c1. The van der Waals surface area contributed by atoms with Gasteiger partial charge in [0.05, 0.1) is 5.69 Å². The van der Waals surface area contributed by atoms with Gasteiger partial charge in [0.2, 0.25) is 0 Å². The highest BCUT2D eigenvalue weighted by atomic mass is 32.1. The molecule has 10 rings (SSSR count). The van der Waals surface area contributed by atoms with Crippen molar-refractivity contribution in [3.8, 4) is 22.3 Å². The Hall–Kier alpha value is -5.74. The molecule has 0 N–H and O–H groups in total. The van der Waals surface area contributed by atoms with Crippen molar-refractivity contribution in [2.45, 2.75) is 0 Å². The monoisotopic (exact) mass is 659 g/mol. The van der Waals surface area contributed by atoms with Gasteiger partial charge in [-0.2, -0.15) is 0 Å². The standard InChI is InChI=1S/C46H29NS2/c1-2-11-31-26-34(21-20-30(31)10-1)37-14-3-6-17-42(37)47(36-23-25-45-41(29-36)39-16-5-8-19-44(39)48-45)35-13-9-12-32(27-35)33-22-24-40-38-15-4-7-18-43(38)49-46(40)28-33/h1-29H. The molecule has 0 radical (unpaired) electrons. The second-order valence-corrected chi connectivity index (χ2v) is 14.7. The highest BCUT2D eigenvalue weighted by Gasteiger charge is 2.19. The van der Waals surface area contributed by atoms with Crippen LogP contribution in [0.4, 0.5) is 17.1 Å². The van der Waals surface area contributed by atoms with Gasteiger partial charge < -0.3 is 4.90 Å². The summed E-state index contributed by atoms with van der Waals surface area (Å²) in [6.07, 6.45) is 0. The summed E-state index contributed by atoms with van der Waals surface area (Å²) in [5.74, 6) is 0. The van der Waals surface area contributed by atoms with E-state index < -0.39 is 0 Å². The summed E-state index contributed by atoms with van der Waals surface area (Å²) >= 11 is 3.73. The van der Waals surface area contributed by atoms with Gasteiger partial charge >= 0.3 is 0 Å². The van der Waals surface area contributed by atoms with Crippen molar-refractivity contribution in [1.29, 1.82) is 0 Å². The third-order valence-corrected chi connectivity index (χ3v) is 11.9. The molecule has 0 unspecified atom stereocenters. The van der Waals surface area contributed by atoms with Crippen molar-refractivity contribution in [3.63, 3.8) is 0 Å². The Balaban J connectivity index is 1.17. The first-order valence-corrected chi connectivity index (χ1v) is 18.2. The van der Waals surface area contributed by atoms with Crippen LogP contribution in [0.25, 0.3) is 73.4 Å². The third-order valence-electron chi connectivity index (χ3n) is 9.64. The summed E-state index contributed by atoms with van der Waals surface area (Å²) in [6, 6.07) is 64.6. The summed E-state index contributed by atoms with van der Waals surface area (Å²) in [5.41, 5.74) is 8.24. The van der Waals surface area contributed by atoms with Crippen LogP contribution in [0.2, 0.25) is 0 Å². The van der Waals surface area contributed by atoms with Crippen LogP contribution >= 0.6 is 22.7 Å². The molecule has 1 nitrogen and oxygen atoms in total. The molecule has 0 bridgehead atoms. The van der Waals surface area contributed by atoms with Gasteiger partial charge in [-0.05, 0) is 88.1 Å². The first-order valence-electron chi connectivity index (χ1n) is 16.6. The average Bonchev–Trinajstić information content (AvgIpc) is 3.73. The third kappa shape index (κ3) is 4.82. The Kier molecular flexibility index (Phi) is 6.61. The number of rotatable bonds is 5. The van der Waals surface area contributed by atoms with Crippen molar-refractivity contribution in [2.24, 2.45) is 0 Å². The molecule has 230 valence electrons. The van der Waals surface area contributed by atoms with Gasteiger partial charge in [0.1, 0.15) is 0 Å². The van der Waals surface area contributed by atoms with E-state index in [2.05, 4.69) is 181 Å². The molecule has 2 aromatic heterocycles. The fourth-order valence-corrected chi connectivity index (χ4v) is 9.51. The van der Waals surface area contributed by atoms with Gasteiger partial charge in [-0.15, -0.1) is 22.7 Å². The molecular weight excluding hydrogens is 631 g/mol. The molecule has 0 saturated heterocycles. The number of anilines is 3. The van der Waals surface area contributed by atoms with E-state index in [0.29, 0.717) is 0 Å². The van der Waals surface area contributed by atoms with Crippen LogP contribution in [0.15, 0.2) is 176 Å². The van der Waals surface area contributed by atoms with Crippen molar-refractivity contribution in [1.82, 2.24) is 0 Å². The molecule has 0 saturated carbocycles. The average molecular weight is 660 g/mol. The van der Waals surface area contributed by atoms with Crippen LogP contribution in [0.5, 0.6) is 0 Å². The van der Waals surface area contributed by atoms with Gasteiger partial charge in [0, 0.05) is 57.3 Å². The smallest absolute Gasteiger partial charge is 0.0540 e. The van der Waals surface area contributed by atoms with Crippen molar-refractivity contribution >= 4 is 90.9 Å². The fraction of sp³-hybridized carbons (Fsp3) is 0. The van der Waals surface area contributed by atoms with E-state index in [1.54, 1.807) is 0 Å². The minimum Gasteiger partial charge on any atom is -0.310 e. The number of thiophene rings is 2. The first kappa shape index (κ1) is 28.3. The molecular formula is C46H29NS2. The highest BCUT2D eigenvalue weighted by Crippen LogP contribution is 2.45. The highest BCUT2D eigenvalue weighted by molar-refractivity contribution is 7.26. The molecule has 8 aromatic carbocycles. The summed E-state index contributed by atoms with van der Waals surface area (Å²) < 4.78 is 5.27. The molecule has 0 aliphatic carbocycles. The first-order chi connectivity index (χ1) is 24.3. The largest absolute Gasteiger partial charge is 0.310 e. The maximum atomic E-state index is 2.44. The number of fused-ring (bicyclic) bond motifs is 7. The minimum atomic E-state index is 1.13. The van der Waals surface area contributed by atoms with E-state index in [-0.39, 0.29) is 0 Å². The number of hydrogen-bond donors (Lipinski definition) is 0. The molecule has 0 amide bonds. The number of para-hydroxylation sites is 1. The summed E-state index contributed by atoms with van der Waals surface area (Å²) in [7, 11) is 0. The topological polar surface area (TPSA) is 3.24 Å². The number of nitrogens with zero attached hydrogens (tertiary/aromatic N) is 1. The molecule has 10 aromatic rings. The Bertz CT molecular complexity index is 2860. The van der Waals surface area contributed by atoms with E-state index in [9.17, 15) is 0 Å². The maximum Gasteiger partial charge on any atom is 0.0540 e. The maximum absolute atomic E-state index is 2.44. The Morgan fingerprint density at radius 1 is 0.327 bits per heavy atom. The molecule has 0 fully saturated rings. The number of benzene rings is 8. The van der Waals surface area contributed by atoms with Crippen molar-refractivity contribution in [2.75, 3.05) is 4.90 Å².